The largest absolute Gasteiger partial charge is 0.356 e. The lowest BCUT2D eigenvalue weighted by molar-refractivity contribution is 0.264. The first-order valence-electron chi connectivity index (χ1n) is 7.01. The van der Waals surface area contributed by atoms with Gasteiger partial charge in [0.05, 0.1) is 5.69 Å². The second kappa shape index (κ2) is 7.59. The van der Waals surface area contributed by atoms with E-state index in [2.05, 4.69) is 31.2 Å². The Morgan fingerprint density at radius 2 is 1.95 bits per heavy atom. The molecule has 2 rings (SSSR count). The van der Waals surface area contributed by atoms with Gasteiger partial charge < -0.3 is 15.6 Å². The van der Waals surface area contributed by atoms with Crippen molar-refractivity contribution in [3.8, 4) is 11.3 Å². The maximum Gasteiger partial charge on any atom is 0.167 e. The van der Waals surface area contributed by atoms with Crippen LogP contribution in [0.25, 0.3) is 11.3 Å². The van der Waals surface area contributed by atoms with Crippen molar-refractivity contribution in [1.82, 2.24) is 10.5 Å². The number of aromatic nitrogens is 1. The van der Waals surface area contributed by atoms with Crippen LogP contribution in [-0.2, 0) is 6.54 Å². The maximum absolute atomic E-state index is 5.86. The van der Waals surface area contributed by atoms with Gasteiger partial charge in [-0.3, -0.25) is 0 Å². The zero-order valence-electron chi connectivity index (χ0n) is 12.8. The van der Waals surface area contributed by atoms with Crippen LogP contribution < -0.4 is 11.1 Å². The van der Waals surface area contributed by atoms with E-state index in [0.29, 0.717) is 19.0 Å². The molecule has 116 valence electrons. The van der Waals surface area contributed by atoms with E-state index in [4.69, 9.17) is 10.3 Å². The van der Waals surface area contributed by atoms with Crippen LogP contribution in [-0.4, -0.2) is 17.2 Å². The molecular formula is C16H24ClN3O. The lowest BCUT2D eigenvalue weighted by atomic mass is 9.88. The summed E-state index contributed by atoms with van der Waals surface area (Å²) in [6, 6.07) is 11.9. The van der Waals surface area contributed by atoms with Gasteiger partial charge in [0.1, 0.15) is 0 Å². The van der Waals surface area contributed by atoms with Crippen molar-refractivity contribution in [2.24, 2.45) is 11.7 Å². The Bertz CT molecular complexity index is 541. The summed E-state index contributed by atoms with van der Waals surface area (Å²) >= 11 is 0. The van der Waals surface area contributed by atoms with Crippen molar-refractivity contribution in [2.75, 3.05) is 6.54 Å². The van der Waals surface area contributed by atoms with E-state index < -0.39 is 0 Å². The smallest absolute Gasteiger partial charge is 0.167 e. The SMILES string of the molecule is CC(C)C(C)(CN)NCc1cc(-c2ccccc2)on1.Cl. The Morgan fingerprint density at radius 1 is 1.29 bits per heavy atom. The van der Waals surface area contributed by atoms with Gasteiger partial charge in [-0.25, -0.2) is 0 Å². The molecule has 0 spiro atoms. The molecule has 3 N–H and O–H groups in total. The molecule has 0 saturated heterocycles. The van der Waals surface area contributed by atoms with Crippen molar-refractivity contribution in [1.29, 1.82) is 0 Å². The summed E-state index contributed by atoms with van der Waals surface area (Å²) in [5.41, 5.74) is 7.70. The standard InChI is InChI=1S/C16H23N3O.ClH/c1-12(2)16(3,11-17)18-10-14-9-15(20-19-14)13-7-5-4-6-8-13;/h4-9,12,18H,10-11,17H2,1-3H3;1H. The number of benzene rings is 1. The summed E-state index contributed by atoms with van der Waals surface area (Å²) in [5, 5.41) is 7.59. The summed E-state index contributed by atoms with van der Waals surface area (Å²) in [5.74, 6) is 1.24. The molecule has 1 unspecified atom stereocenters. The highest BCUT2D eigenvalue weighted by Gasteiger charge is 2.26. The molecule has 1 heterocycles. The molecule has 1 atom stereocenters. The van der Waals surface area contributed by atoms with Crippen molar-refractivity contribution >= 4 is 12.4 Å². The van der Waals surface area contributed by atoms with Crippen LogP contribution in [0.15, 0.2) is 40.9 Å². The van der Waals surface area contributed by atoms with Gasteiger partial charge >= 0.3 is 0 Å². The average molecular weight is 310 g/mol. The van der Waals surface area contributed by atoms with E-state index in [0.717, 1.165) is 17.0 Å². The van der Waals surface area contributed by atoms with Crippen molar-refractivity contribution in [2.45, 2.75) is 32.9 Å². The molecule has 4 nitrogen and oxygen atoms in total. The van der Waals surface area contributed by atoms with Gasteiger partial charge in [-0.15, -0.1) is 12.4 Å². The van der Waals surface area contributed by atoms with E-state index in [9.17, 15) is 0 Å². The summed E-state index contributed by atoms with van der Waals surface area (Å²) < 4.78 is 5.39. The minimum atomic E-state index is -0.0914. The normalized spacial score (nSPS) is 13.8. The molecule has 0 aliphatic carbocycles. The topological polar surface area (TPSA) is 64.1 Å². The number of hydrogen-bond acceptors (Lipinski definition) is 4. The molecule has 21 heavy (non-hydrogen) atoms. The number of halogens is 1. The summed E-state index contributed by atoms with van der Waals surface area (Å²) in [6.45, 7) is 7.71. The number of nitrogens with two attached hydrogens (primary N) is 1. The predicted molar refractivity (Wildman–Crippen MR) is 88.3 cm³/mol. The van der Waals surface area contributed by atoms with Gasteiger partial charge in [-0.2, -0.15) is 0 Å². The molecule has 1 aromatic heterocycles. The second-order valence-electron chi connectivity index (χ2n) is 5.68. The molecule has 0 amide bonds. The molecule has 0 aliphatic heterocycles. The lowest BCUT2D eigenvalue weighted by Crippen LogP contribution is -2.52. The summed E-state index contributed by atoms with van der Waals surface area (Å²) in [4.78, 5) is 0. The number of hydrogen-bond donors (Lipinski definition) is 2. The van der Waals surface area contributed by atoms with Crippen LogP contribution >= 0.6 is 12.4 Å². The number of nitrogens with zero attached hydrogens (tertiary/aromatic N) is 1. The van der Waals surface area contributed by atoms with Crippen LogP contribution in [0.3, 0.4) is 0 Å². The zero-order valence-corrected chi connectivity index (χ0v) is 13.6. The highest BCUT2D eigenvalue weighted by molar-refractivity contribution is 5.85. The molecule has 0 fully saturated rings. The Hall–Kier alpha value is -1.36. The molecule has 0 bridgehead atoms. The molecule has 5 heteroatoms. The molecule has 0 saturated carbocycles. The molecule has 0 aliphatic rings. The van der Waals surface area contributed by atoms with E-state index >= 15 is 0 Å². The second-order valence-corrected chi connectivity index (χ2v) is 5.68. The Labute approximate surface area is 132 Å². The molecule has 0 radical (unpaired) electrons. The van der Waals surface area contributed by atoms with Gasteiger partial charge in [0.25, 0.3) is 0 Å². The minimum Gasteiger partial charge on any atom is -0.356 e. The van der Waals surface area contributed by atoms with Crippen LogP contribution in [0.2, 0.25) is 0 Å². The highest BCUT2D eigenvalue weighted by atomic mass is 35.5. The third-order valence-electron chi connectivity index (χ3n) is 3.99. The fourth-order valence-corrected chi connectivity index (χ4v) is 1.94. The fraction of sp³-hybridized carbons (Fsp3) is 0.438. The third kappa shape index (κ3) is 4.30. The quantitative estimate of drug-likeness (QED) is 0.860. The minimum absolute atomic E-state index is 0. The number of nitrogens with one attached hydrogen (secondary N) is 1. The van der Waals surface area contributed by atoms with Crippen molar-refractivity contribution < 1.29 is 4.52 Å². The Balaban J connectivity index is 0.00000220. The summed E-state index contributed by atoms with van der Waals surface area (Å²) in [6.07, 6.45) is 0. The first-order valence-corrected chi connectivity index (χ1v) is 7.01. The first kappa shape index (κ1) is 17.7. The zero-order chi connectivity index (χ0) is 14.6. The van der Waals surface area contributed by atoms with Gasteiger partial charge in [-0.1, -0.05) is 49.3 Å². The Morgan fingerprint density at radius 3 is 2.52 bits per heavy atom. The highest BCUT2D eigenvalue weighted by Crippen LogP contribution is 2.21. The van der Waals surface area contributed by atoms with E-state index in [1.165, 1.54) is 0 Å². The van der Waals surface area contributed by atoms with Crippen molar-refractivity contribution in [3.63, 3.8) is 0 Å². The van der Waals surface area contributed by atoms with Crippen LogP contribution in [0, 0.1) is 5.92 Å². The maximum atomic E-state index is 5.86. The van der Waals surface area contributed by atoms with E-state index in [1.54, 1.807) is 0 Å². The van der Waals surface area contributed by atoms with Gasteiger partial charge in [0.15, 0.2) is 5.76 Å². The van der Waals surface area contributed by atoms with Crippen molar-refractivity contribution in [3.05, 3.63) is 42.1 Å². The summed E-state index contributed by atoms with van der Waals surface area (Å²) in [7, 11) is 0. The van der Waals surface area contributed by atoms with Gasteiger partial charge in [-0.05, 0) is 12.8 Å². The fourth-order valence-electron chi connectivity index (χ4n) is 1.94. The lowest BCUT2D eigenvalue weighted by Gasteiger charge is -2.33. The van der Waals surface area contributed by atoms with Gasteiger partial charge in [0, 0.05) is 30.3 Å². The van der Waals surface area contributed by atoms with Crippen LogP contribution in [0.4, 0.5) is 0 Å². The predicted octanol–water partition coefficient (Wildman–Crippen LogP) is 3.23. The molecule has 2 aromatic rings. The third-order valence-corrected chi connectivity index (χ3v) is 3.99. The molecular weight excluding hydrogens is 286 g/mol. The number of rotatable bonds is 6. The average Bonchev–Trinajstić information content (AvgIpc) is 2.94. The van der Waals surface area contributed by atoms with Crippen LogP contribution in [0.1, 0.15) is 26.5 Å². The van der Waals surface area contributed by atoms with Gasteiger partial charge in [0.2, 0.25) is 0 Å². The van der Waals surface area contributed by atoms with Crippen LogP contribution in [0.5, 0.6) is 0 Å². The van der Waals surface area contributed by atoms with E-state index in [1.807, 2.05) is 36.4 Å². The monoisotopic (exact) mass is 309 g/mol. The van der Waals surface area contributed by atoms with E-state index in [-0.39, 0.29) is 17.9 Å². The first-order chi connectivity index (χ1) is 9.55. The Kier molecular flexibility index (Phi) is 6.40. The molecule has 1 aromatic carbocycles.